The van der Waals surface area contributed by atoms with E-state index in [0.717, 1.165) is 17.5 Å². The van der Waals surface area contributed by atoms with Crippen LogP contribution in [0.1, 0.15) is 37.4 Å². The van der Waals surface area contributed by atoms with Gasteiger partial charge in [-0.2, -0.15) is 0 Å². The molecule has 0 bridgehead atoms. The number of rotatable bonds is 3. The van der Waals surface area contributed by atoms with Crippen LogP contribution in [0.2, 0.25) is 0 Å². The minimum atomic E-state index is -0.230. The van der Waals surface area contributed by atoms with E-state index in [1.807, 2.05) is 19.0 Å². The van der Waals surface area contributed by atoms with E-state index in [0.29, 0.717) is 5.92 Å². The highest BCUT2D eigenvalue weighted by Crippen LogP contribution is 2.34. The third-order valence-corrected chi connectivity index (χ3v) is 4.12. The first-order chi connectivity index (χ1) is 9.66. The monoisotopic (exact) mass is 274 g/mol. The standard InChI is InChI=1S/C15H19FN4/c1-19(13-9-7-12(16)8-10-13)15-18-17-14(20(15)2)11-5-3-4-6-11/h7-11H,3-6H2,1-2H3. The van der Waals surface area contributed by atoms with Crippen LogP contribution in [0.3, 0.4) is 0 Å². The zero-order valence-electron chi connectivity index (χ0n) is 11.9. The Labute approximate surface area is 118 Å². The predicted octanol–water partition coefficient (Wildman–Crippen LogP) is 3.38. The first kappa shape index (κ1) is 13.1. The van der Waals surface area contributed by atoms with E-state index in [2.05, 4.69) is 14.8 Å². The molecule has 1 fully saturated rings. The first-order valence-corrected chi connectivity index (χ1v) is 7.05. The Kier molecular flexibility index (Phi) is 3.42. The molecular weight excluding hydrogens is 255 g/mol. The molecule has 0 unspecified atom stereocenters. The van der Waals surface area contributed by atoms with Gasteiger partial charge < -0.3 is 4.90 Å². The second-order valence-corrected chi connectivity index (χ2v) is 5.43. The largest absolute Gasteiger partial charge is 0.314 e. The summed E-state index contributed by atoms with van der Waals surface area (Å²) in [5.74, 6) is 2.15. The van der Waals surface area contributed by atoms with Gasteiger partial charge in [-0.05, 0) is 37.1 Å². The lowest BCUT2D eigenvalue weighted by molar-refractivity contribution is 0.627. The van der Waals surface area contributed by atoms with Gasteiger partial charge in [-0.25, -0.2) is 4.39 Å². The summed E-state index contributed by atoms with van der Waals surface area (Å²) in [7, 11) is 3.93. The van der Waals surface area contributed by atoms with Crippen LogP contribution in [0.5, 0.6) is 0 Å². The average Bonchev–Trinajstić information content (AvgIpc) is 3.08. The highest BCUT2D eigenvalue weighted by molar-refractivity contribution is 5.56. The molecule has 4 nitrogen and oxygen atoms in total. The van der Waals surface area contributed by atoms with E-state index in [9.17, 15) is 4.39 Å². The van der Waals surface area contributed by atoms with Gasteiger partial charge in [-0.1, -0.05) is 12.8 Å². The number of halogens is 1. The van der Waals surface area contributed by atoms with E-state index in [1.165, 1.54) is 37.8 Å². The van der Waals surface area contributed by atoms with Crippen LogP contribution < -0.4 is 4.90 Å². The molecule has 0 amide bonds. The van der Waals surface area contributed by atoms with Crippen LogP contribution in [-0.4, -0.2) is 21.8 Å². The van der Waals surface area contributed by atoms with Crippen molar-refractivity contribution in [3.8, 4) is 0 Å². The molecule has 1 aromatic carbocycles. The maximum Gasteiger partial charge on any atom is 0.231 e. The molecule has 0 saturated heterocycles. The van der Waals surface area contributed by atoms with E-state index >= 15 is 0 Å². The molecule has 1 aliphatic rings. The molecule has 20 heavy (non-hydrogen) atoms. The third kappa shape index (κ3) is 2.28. The predicted molar refractivity (Wildman–Crippen MR) is 76.7 cm³/mol. The lowest BCUT2D eigenvalue weighted by Crippen LogP contribution is -2.15. The summed E-state index contributed by atoms with van der Waals surface area (Å²) in [6.07, 6.45) is 4.96. The summed E-state index contributed by atoms with van der Waals surface area (Å²) < 4.78 is 15.0. The van der Waals surface area contributed by atoms with E-state index in [1.54, 1.807) is 12.1 Å². The van der Waals surface area contributed by atoms with Crippen molar-refractivity contribution in [3.05, 3.63) is 35.9 Å². The van der Waals surface area contributed by atoms with Crippen LogP contribution in [0.15, 0.2) is 24.3 Å². The van der Waals surface area contributed by atoms with Crippen LogP contribution in [0, 0.1) is 5.82 Å². The zero-order chi connectivity index (χ0) is 14.1. The molecule has 5 heteroatoms. The summed E-state index contributed by atoms with van der Waals surface area (Å²) in [5, 5.41) is 8.66. The fraction of sp³-hybridized carbons (Fsp3) is 0.467. The SMILES string of the molecule is CN(c1ccc(F)cc1)c1nnc(C2CCCC2)n1C. The number of anilines is 2. The maximum absolute atomic E-state index is 13.0. The molecule has 0 aliphatic heterocycles. The van der Waals surface area contributed by atoms with Crippen molar-refractivity contribution in [1.29, 1.82) is 0 Å². The number of nitrogens with zero attached hydrogens (tertiary/aromatic N) is 4. The van der Waals surface area contributed by atoms with Crippen molar-refractivity contribution in [2.75, 3.05) is 11.9 Å². The highest BCUT2D eigenvalue weighted by atomic mass is 19.1. The summed E-state index contributed by atoms with van der Waals surface area (Å²) in [4.78, 5) is 1.94. The van der Waals surface area contributed by atoms with Gasteiger partial charge in [-0.3, -0.25) is 4.57 Å². The quantitative estimate of drug-likeness (QED) is 0.860. The summed E-state index contributed by atoms with van der Waals surface area (Å²) >= 11 is 0. The molecule has 1 aromatic heterocycles. The number of hydrogen-bond donors (Lipinski definition) is 0. The maximum atomic E-state index is 13.0. The molecule has 3 rings (SSSR count). The summed E-state index contributed by atoms with van der Waals surface area (Å²) in [6.45, 7) is 0. The molecule has 0 N–H and O–H groups in total. The van der Waals surface area contributed by atoms with Crippen LogP contribution in [0.4, 0.5) is 16.0 Å². The Morgan fingerprint density at radius 3 is 2.45 bits per heavy atom. The third-order valence-electron chi connectivity index (χ3n) is 4.12. The van der Waals surface area contributed by atoms with Gasteiger partial charge in [0.05, 0.1) is 0 Å². The summed E-state index contributed by atoms with van der Waals surface area (Å²) in [6, 6.07) is 6.42. The van der Waals surface area contributed by atoms with Crippen LogP contribution in [-0.2, 0) is 7.05 Å². The Balaban J connectivity index is 1.88. The van der Waals surface area contributed by atoms with Crippen LogP contribution >= 0.6 is 0 Å². The highest BCUT2D eigenvalue weighted by Gasteiger charge is 2.24. The van der Waals surface area contributed by atoms with Crippen molar-refractivity contribution in [2.45, 2.75) is 31.6 Å². The van der Waals surface area contributed by atoms with Crippen LogP contribution in [0.25, 0.3) is 0 Å². The lowest BCUT2D eigenvalue weighted by atomic mass is 10.1. The van der Waals surface area contributed by atoms with E-state index in [4.69, 9.17) is 0 Å². The average molecular weight is 274 g/mol. The Morgan fingerprint density at radius 1 is 1.15 bits per heavy atom. The van der Waals surface area contributed by atoms with E-state index in [-0.39, 0.29) is 5.82 Å². The van der Waals surface area contributed by atoms with Gasteiger partial charge in [0, 0.05) is 25.7 Å². The Hall–Kier alpha value is -1.91. The van der Waals surface area contributed by atoms with Crippen molar-refractivity contribution in [1.82, 2.24) is 14.8 Å². The molecule has 0 radical (unpaired) electrons. The van der Waals surface area contributed by atoms with Gasteiger partial charge >= 0.3 is 0 Å². The summed E-state index contributed by atoms with van der Waals surface area (Å²) in [5.41, 5.74) is 0.903. The minimum Gasteiger partial charge on any atom is -0.314 e. The van der Waals surface area contributed by atoms with Crippen molar-refractivity contribution < 1.29 is 4.39 Å². The molecule has 2 aromatic rings. The molecule has 1 heterocycles. The minimum absolute atomic E-state index is 0.230. The van der Waals surface area contributed by atoms with Gasteiger partial charge in [0.25, 0.3) is 0 Å². The first-order valence-electron chi connectivity index (χ1n) is 7.05. The zero-order valence-corrected chi connectivity index (χ0v) is 11.9. The second-order valence-electron chi connectivity index (χ2n) is 5.43. The Morgan fingerprint density at radius 2 is 1.80 bits per heavy atom. The number of hydrogen-bond acceptors (Lipinski definition) is 3. The molecular formula is C15H19FN4. The number of aromatic nitrogens is 3. The fourth-order valence-corrected chi connectivity index (χ4v) is 2.94. The Bertz CT molecular complexity index is 584. The van der Waals surface area contributed by atoms with E-state index < -0.39 is 0 Å². The van der Waals surface area contributed by atoms with Crippen molar-refractivity contribution in [2.24, 2.45) is 7.05 Å². The lowest BCUT2D eigenvalue weighted by Gasteiger charge is -2.18. The van der Waals surface area contributed by atoms with Gasteiger partial charge in [-0.15, -0.1) is 10.2 Å². The smallest absolute Gasteiger partial charge is 0.231 e. The normalized spacial score (nSPS) is 15.8. The molecule has 1 aliphatic carbocycles. The number of benzene rings is 1. The molecule has 0 atom stereocenters. The van der Waals surface area contributed by atoms with Crippen molar-refractivity contribution in [3.63, 3.8) is 0 Å². The second kappa shape index (κ2) is 5.23. The molecule has 1 saturated carbocycles. The fourth-order valence-electron chi connectivity index (χ4n) is 2.94. The van der Waals surface area contributed by atoms with Crippen molar-refractivity contribution >= 4 is 11.6 Å². The van der Waals surface area contributed by atoms with Gasteiger partial charge in [0.2, 0.25) is 5.95 Å². The molecule has 106 valence electrons. The topological polar surface area (TPSA) is 34.0 Å². The van der Waals surface area contributed by atoms with Gasteiger partial charge in [0.1, 0.15) is 11.6 Å². The van der Waals surface area contributed by atoms with Gasteiger partial charge in [0.15, 0.2) is 0 Å². The molecule has 0 spiro atoms.